The van der Waals surface area contributed by atoms with Crippen molar-refractivity contribution in [2.45, 2.75) is 59.6 Å². The van der Waals surface area contributed by atoms with Crippen LogP contribution in [-0.4, -0.2) is 0 Å². The minimum absolute atomic E-state index is 0.0447. The van der Waals surface area contributed by atoms with Gasteiger partial charge in [-0.15, -0.1) is 0 Å². The molecule has 0 saturated heterocycles. The molecule has 26 heavy (non-hydrogen) atoms. The van der Waals surface area contributed by atoms with Crippen LogP contribution in [0.3, 0.4) is 0 Å². The first-order valence-electron chi connectivity index (χ1n) is 8.64. The summed E-state index contributed by atoms with van der Waals surface area (Å²) in [5, 5.41) is 0. The van der Waals surface area contributed by atoms with Gasteiger partial charge in [0, 0.05) is 0 Å². The van der Waals surface area contributed by atoms with Gasteiger partial charge in [0.1, 0.15) is 11.6 Å². The van der Waals surface area contributed by atoms with Crippen molar-refractivity contribution < 1.29 is 22.0 Å². The summed E-state index contributed by atoms with van der Waals surface area (Å²) in [4.78, 5) is 0. The minimum Gasteiger partial charge on any atom is -0.207 e. The molecule has 0 radical (unpaired) electrons. The quantitative estimate of drug-likeness (QED) is 0.468. The molecule has 0 bridgehead atoms. The average Bonchev–Trinajstić information content (AvgIpc) is 2.57. The van der Waals surface area contributed by atoms with E-state index in [4.69, 9.17) is 0 Å². The summed E-state index contributed by atoms with van der Waals surface area (Å²) in [6.07, 6.45) is -4.62. The molecule has 0 aromatic heterocycles. The van der Waals surface area contributed by atoms with E-state index in [1.165, 1.54) is 23.8 Å². The van der Waals surface area contributed by atoms with Gasteiger partial charge in [0.15, 0.2) is 0 Å². The molecule has 2 aromatic rings. The summed E-state index contributed by atoms with van der Waals surface area (Å²) < 4.78 is 61.9. The molecule has 0 aliphatic carbocycles. The first kappa shape index (κ1) is 24.1. The number of benzene rings is 2. The lowest BCUT2D eigenvalue weighted by Crippen LogP contribution is -2.09. The van der Waals surface area contributed by atoms with Gasteiger partial charge < -0.3 is 0 Å². The van der Waals surface area contributed by atoms with E-state index in [2.05, 4.69) is 13.8 Å². The van der Waals surface area contributed by atoms with Crippen LogP contribution in [0.4, 0.5) is 22.0 Å². The van der Waals surface area contributed by atoms with Crippen LogP contribution in [0.5, 0.6) is 0 Å². The Morgan fingerprint density at radius 1 is 0.692 bits per heavy atom. The van der Waals surface area contributed by atoms with Crippen molar-refractivity contribution in [3.05, 3.63) is 70.8 Å². The zero-order valence-corrected chi connectivity index (χ0v) is 16.1. The highest BCUT2D eigenvalue weighted by molar-refractivity contribution is 5.29. The Kier molecular flexibility index (Phi) is 10.1. The van der Waals surface area contributed by atoms with Gasteiger partial charge in [-0.3, -0.25) is 0 Å². The largest absolute Gasteiger partial charge is 0.419 e. The molecule has 2 aromatic carbocycles. The molecule has 0 amide bonds. The molecule has 0 saturated carbocycles. The van der Waals surface area contributed by atoms with Gasteiger partial charge in [0.25, 0.3) is 0 Å². The molecule has 0 N–H and O–H groups in total. The first-order valence-corrected chi connectivity index (χ1v) is 8.64. The molecular formula is C21H27F5. The second-order valence-corrected chi connectivity index (χ2v) is 6.10. The summed E-state index contributed by atoms with van der Waals surface area (Å²) in [6, 6.07) is 9.72. The Balaban J connectivity index is 0.000000458. The lowest BCUT2D eigenvalue weighted by Gasteiger charge is -2.11. The Hall–Kier alpha value is -1.91. The molecule has 0 aliphatic heterocycles. The van der Waals surface area contributed by atoms with E-state index in [1.807, 2.05) is 26.0 Å². The SMILES string of the molecule is CC.CC(C)c1ccc(F)c(C(F)(F)F)c1.CC(C)c1ccc(F)cc1. The zero-order chi connectivity index (χ0) is 20.5. The van der Waals surface area contributed by atoms with Crippen molar-refractivity contribution >= 4 is 0 Å². The fourth-order valence-electron chi connectivity index (χ4n) is 1.97. The van der Waals surface area contributed by atoms with E-state index >= 15 is 0 Å². The summed E-state index contributed by atoms with van der Waals surface area (Å²) in [7, 11) is 0. The smallest absolute Gasteiger partial charge is 0.207 e. The van der Waals surface area contributed by atoms with Crippen LogP contribution < -0.4 is 0 Å². The number of hydrogen-bond acceptors (Lipinski definition) is 0. The second-order valence-electron chi connectivity index (χ2n) is 6.10. The van der Waals surface area contributed by atoms with Crippen molar-refractivity contribution in [3.63, 3.8) is 0 Å². The zero-order valence-electron chi connectivity index (χ0n) is 16.1. The van der Waals surface area contributed by atoms with Crippen molar-refractivity contribution in [1.82, 2.24) is 0 Å². The van der Waals surface area contributed by atoms with E-state index < -0.39 is 17.6 Å². The lowest BCUT2D eigenvalue weighted by atomic mass is 10.0. The summed E-state index contributed by atoms with van der Waals surface area (Å²) in [6.45, 7) is 11.7. The van der Waals surface area contributed by atoms with Crippen molar-refractivity contribution in [1.29, 1.82) is 0 Å². The van der Waals surface area contributed by atoms with Crippen LogP contribution in [-0.2, 0) is 6.18 Å². The Morgan fingerprint density at radius 2 is 1.12 bits per heavy atom. The van der Waals surface area contributed by atoms with Crippen LogP contribution in [0, 0.1) is 11.6 Å². The van der Waals surface area contributed by atoms with E-state index in [0.29, 0.717) is 11.5 Å². The number of alkyl halides is 3. The van der Waals surface area contributed by atoms with Gasteiger partial charge in [0.05, 0.1) is 5.56 Å². The fourth-order valence-corrected chi connectivity index (χ4v) is 1.97. The third-order valence-corrected chi connectivity index (χ3v) is 3.50. The maximum Gasteiger partial charge on any atom is 0.419 e. The predicted octanol–water partition coefficient (Wildman–Crippen LogP) is 7.94. The standard InChI is InChI=1S/C10H10F4.C9H11F.C2H6/c1-6(2)7-3-4-9(11)8(5-7)10(12,13)14;1-7(2)8-3-5-9(10)6-4-8;1-2/h3-6H,1-2H3;3-7H,1-2H3;1-2H3. The van der Waals surface area contributed by atoms with Gasteiger partial charge in [-0.2, -0.15) is 13.2 Å². The average molecular weight is 374 g/mol. The van der Waals surface area contributed by atoms with Gasteiger partial charge in [0.2, 0.25) is 0 Å². The van der Waals surface area contributed by atoms with Gasteiger partial charge >= 0.3 is 6.18 Å². The topological polar surface area (TPSA) is 0 Å². The molecule has 0 nitrogen and oxygen atoms in total. The predicted molar refractivity (Wildman–Crippen MR) is 97.3 cm³/mol. The van der Waals surface area contributed by atoms with Crippen molar-refractivity contribution in [2.75, 3.05) is 0 Å². The normalized spacial score (nSPS) is 10.8. The van der Waals surface area contributed by atoms with Gasteiger partial charge in [-0.1, -0.05) is 59.7 Å². The van der Waals surface area contributed by atoms with Crippen LogP contribution in [0.15, 0.2) is 42.5 Å². The fraction of sp³-hybridized carbons (Fsp3) is 0.429. The molecule has 2 rings (SSSR count). The lowest BCUT2D eigenvalue weighted by molar-refractivity contribution is -0.140. The van der Waals surface area contributed by atoms with E-state index in [9.17, 15) is 22.0 Å². The summed E-state index contributed by atoms with van der Waals surface area (Å²) in [5.41, 5.74) is 0.476. The van der Waals surface area contributed by atoms with Crippen LogP contribution in [0.2, 0.25) is 0 Å². The summed E-state index contributed by atoms with van der Waals surface area (Å²) in [5.74, 6) is -0.941. The van der Waals surface area contributed by atoms with E-state index in [1.54, 1.807) is 13.8 Å². The molecule has 5 heteroatoms. The van der Waals surface area contributed by atoms with Crippen LogP contribution in [0.1, 0.15) is 70.1 Å². The number of rotatable bonds is 2. The third kappa shape index (κ3) is 7.98. The minimum atomic E-state index is -4.62. The monoisotopic (exact) mass is 374 g/mol. The molecule has 0 atom stereocenters. The molecule has 0 heterocycles. The Bertz CT molecular complexity index is 640. The maximum absolute atomic E-state index is 12.8. The molecular weight excluding hydrogens is 347 g/mol. The van der Waals surface area contributed by atoms with Crippen LogP contribution >= 0.6 is 0 Å². The maximum atomic E-state index is 12.8. The number of halogens is 5. The molecule has 146 valence electrons. The second kappa shape index (κ2) is 10.9. The highest BCUT2D eigenvalue weighted by atomic mass is 19.4. The summed E-state index contributed by atoms with van der Waals surface area (Å²) >= 11 is 0. The van der Waals surface area contributed by atoms with Crippen LogP contribution in [0.25, 0.3) is 0 Å². The van der Waals surface area contributed by atoms with Gasteiger partial charge in [-0.25, -0.2) is 8.78 Å². The Morgan fingerprint density at radius 3 is 1.50 bits per heavy atom. The third-order valence-electron chi connectivity index (χ3n) is 3.50. The van der Waals surface area contributed by atoms with Gasteiger partial charge in [-0.05, 0) is 47.2 Å². The number of hydrogen-bond donors (Lipinski definition) is 0. The molecule has 0 aliphatic rings. The highest BCUT2D eigenvalue weighted by Crippen LogP contribution is 2.33. The van der Waals surface area contributed by atoms with E-state index in [-0.39, 0.29) is 11.7 Å². The molecule has 0 unspecified atom stereocenters. The van der Waals surface area contributed by atoms with Crippen molar-refractivity contribution in [3.8, 4) is 0 Å². The van der Waals surface area contributed by atoms with E-state index in [0.717, 1.165) is 12.1 Å². The van der Waals surface area contributed by atoms with Crippen molar-refractivity contribution in [2.24, 2.45) is 0 Å². The molecule has 0 spiro atoms. The highest BCUT2D eigenvalue weighted by Gasteiger charge is 2.34. The molecule has 0 fully saturated rings. The first-order chi connectivity index (χ1) is 12.0. The Labute approximate surface area is 153 Å².